The van der Waals surface area contributed by atoms with E-state index in [0.29, 0.717) is 0 Å². The fourth-order valence-electron chi connectivity index (χ4n) is 7.60. The highest BCUT2D eigenvalue weighted by atomic mass is 16.3. The molecule has 2 heteroatoms. The molecule has 0 fully saturated rings. The van der Waals surface area contributed by atoms with Crippen molar-refractivity contribution in [1.82, 2.24) is 4.98 Å². The molecule has 0 amide bonds. The van der Waals surface area contributed by atoms with Crippen LogP contribution in [0.25, 0.3) is 98.7 Å². The van der Waals surface area contributed by atoms with Gasteiger partial charge < -0.3 is 4.42 Å². The van der Waals surface area contributed by atoms with Crippen LogP contribution in [-0.4, -0.2) is 4.98 Å². The molecule has 2 aromatic heterocycles. The minimum atomic E-state index is 0.827. The minimum Gasteiger partial charge on any atom is -0.454 e. The molecule has 10 rings (SSSR count). The molecule has 0 aliphatic carbocycles. The molecule has 2 nitrogen and oxygen atoms in total. The van der Waals surface area contributed by atoms with Crippen LogP contribution in [0.5, 0.6) is 0 Å². The van der Waals surface area contributed by atoms with Crippen molar-refractivity contribution in [2.24, 2.45) is 0 Å². The first kappa shape index (κ1) is 26.0. The molecule has 0 aliphatic rings. The average Bonchev–Trinajstić information content (AvgIpc) is 3.51. The Labute approximate surface area is 271 Å². The van der Waals surface area contributed by atoms with Crippen LogP contribution in [0.2, 0.25) is 0 Å². The summed E-state index contributed by atoms with van der Waals surface area (Å²) in [5.41, 5.74) is 10.7. The van der Waals surface area contributed by atoms with Crippen molar-refractivity contribution < 1.29 is 4.42 Å². The predicted molar refractivity (Wildman–Crippen MR) is 198 cm³/mol. The maximum absolute atomic E-state index is 6.50. The normalized spacial score (nSPS) is 11.8. The molecule has 218 valence electrons. The lowest BCUT2D eigenvalue weighted by Crippen LogP contribution is -1.92. The van der Waals surface area contributed by atoms with E-state index >= 15 is 0 Å². The van der Waals surface area contributed by atoms with Crippen molar-refractivity contribution in [3.63, 3.8) is 0 Å². The van der Waals surface area contributed by atoms with E-state index in [-0.39, 0.29) is 0 Å². The highest BCUT2D eigenvalue weighted by Gasteiger charge is 2.20. The predicted octanol–water partition coefficient (Wildman–Crippen LogP) is 12.6. The summed E-state index contributed by atoms with van der Waals surface area (Å²) >= 11 is 0. The Hall–Kier alpha value is -6.25. The molecule has 0 radical (unpaired) electrons. The van der Waals surface area contributed by atoms with Gasteiger partial charge in [0, 0.05) is 16.3 Å². The molecule has 0 aliphatic heterocycles. The summed E-state index contributed by atoms with van der Waals surface area (Å²) in [5, 5.41) is 9.64. The van der Waals surface area contributed by atoms with Crippen LogP contribution >= 0.6 is 0 Å². The quantitative estimate of drug-likeness (QED) is 0.189. The molecule has 8 aromatic carbocycles. The van der Waals surface area contributed by atoms with Crippen LogP contribution in [-0.2, 0) is 0 Å². The zero-order valence-corrected chi connectivity index (χ0v) is 25.4. The Bertz CT molecular complexity index is 2780. The third-order valence-corrected chi connectivity index (χ3v) is 9.65. The highest BCUT2D eigenvalue weighted by Crippen LogP contribution is 2.46. The average molecular weight is 598 g/mol. The number of nitrogens with zero attached hydrogens (tertiary/aromatic N) is 1. The minimum absolute atomic E-state index is 0.827. The number of fused-ring (bicyclic) bond motifs is 7. The number of benzene rings is 8. The number of pyridine rings is 1. The molecule has 0 N–H and O–H groups in total. The topological polar surface area (TPSA) is 26.0 Å². The number of hydrogen-bond acceptors (Lipinski definition) is 2. The van der Waals surface area contributed by atoms with Gasteiger partial charge in [-0.2, -0.15) is 0 Å². The first-order chi connectivity index (χ1) is 23.3. The van der Waals surface area contributed by atoms with Crippen molar-refractivity contribution >= 4 is 65.3 Å². The van der Waals surface area contributed by atoms with E-state index in [9.17, 15) is 0 Å². The standard InChI is InChI=1S/C45H27NO/c1-2-14-31-28(12-1)13-11-21-32(31)43-35-17-5-3-15-33(35)41(34-16-4-6-18-36(34)43)29-24-26-30(27-25-29)42-37-19-7-9-22-39(37)46-44-38-20-8-10-23-40(38)47-45(42)44/h1-27H. The van der Waals surface area contributed by atoms with Gasteiger partial charge in [-0.3, -0.25) is 0 Å². The third kappa shape index (κ3) is 3.89. The summed E-state index contributed by atoms with van der Waals surface area (Å²) in [6.07, 6.45) is 0. The molecule has 0 unspecified atom stereocenters. The summed E-state index contributed by atoms with van der Waals surface area (Å²) < 4.78 is 6.50. The number of furan rings is 1. The van der Waals surface area contributed by atoms with Crippen LogP contribution < -0.4 is 0 Å². The summed E-state index contributed by atoms with van der Waals surface area (Å²) in [5.74, 6) is 0. The number of rotatable bonds is 3. The molecule has 47 heavy (non-hydrogen) atoms. The summed E-state index contributed by atoms with van der Waals surface area (Å²) in [4.78, 5) is 5.04. The Morgan fingerprint density at radius 3 is 1.57 bits per heavy atom. The first-order valence-corrected chi connectivity index (χ1v) is 16.1. The lowest BCUT2D eigenvalue weighted by Gasteiger charge is -2.19. The van der Waals surface area contributed by atoms with Gasteiger partial charge in [0.25, 0.3) is 0 Å². The van der Waals surface area contributed by atoms with E-state index in [1.54, 1.807) is 0 Å². The number of aromatic nitrogens is 1. The number of hydrogen-bond donors (Lipinski definition) is 0. The Balaban J connectivity index is 1.23. The SMILES string of the molecule is c1ccc2c(-c3c4ccccc4c(-c4ccc(-c5c6ccccc6nc6c5oc5ccccc56)cc4)c4ccccc34)cccc2c1. The third-order valence-electron chi connectivity index (χ3n) is 9.65. The first-order valence-electron chi connectivity index (χ1n) is 16.1. The van der Waals surface area contributed by atoms with Crippen LogP contribution in [0.15, 0.2) is 168 Å². The van der Waals surface area contributed by atoms with Crippen molar-refractivity contribution in [2.75, 3.05) is 0 Å². The van der Waals surface area contributed by atoms with Gasteiger partial charge >= 0.3 is 0 Å². The van der Waals surface area contributed by atoms with E-state index < -0.39 is 0 Å². The van der Waals surface area contributed by atoms with Crippen molar-refractivity contribution in [2.45, 2.75) is 0 Å². The van der Waals surface area contributed by atoms with Crippen LogP contribution in [0.4, 0.5) is 0 Å². The zero-order chi connectivity index (χ0) is 30.9. The Morgan fingerprint density at radius 2 is 0.872 bits per heavy atom. The van der Waals surface area contributed by atoms with Gasteiger partial charge in [-0.25, -0.2) is 4.98 Å². The largest absolute Gasteiger partial charge is 0.454 e. The Kier molecular flexibility index (Phi) is 5.61. The zero-order valence-electron chi connectivity index (χ0n) is 25.4. The summed E-state index contributed by atoms with van der Waals surface area (Å²) in [6, 6.07) is 58.6. The van der Waals surface area contributed by atoms with E-state index in [4.69, 9.17) is 9.40 Å². The molecular weight excluding hydrogens is 571 g/mol. The van der Waals surface area contributed by atoms with Gasteiger partial charge in [0.15, 0.2) is 5.58 Å². The van der Waals surface area contributed by atoms with E-state index in [1.165, 1.54) is 54.6 Å². The lowest BCUT2D eigenvalue weighted by molar-refractivity contribution is 0.670. The molecule has 0 bridgehead atoms. The van der Waals surface area contributed by atoms with Crippen molar-refractivity contribution in [3.05, 3.63) is 164 Å². The maximum Gasteiger partial charge on any atom is 0.162 e. The molecule has 0 saturated heterocycles. The van der Waals surface area contributed by atoms with Gasteiger partial charge in [-0.15, -0.1) is 0 Å². The van der Waals surface area contributed by atoms with Gasteiger partial charge in [0.1, 0.15) is 11.1 Å². The van der Waals surface area contributed by atoms with E-state index in [0.717, 1.165) is 44.1 Å². The second kappa shape index (κ2) is 10.1. The smallest absolute Gasteiger partial charge is 0.162 e. The van der Waals surface area contributed by atoms with Crippen molar-refractivity contribution in [1.29, 1.82) is 0 Å². The van der Waals surface area contributed by atoms with Gasteiger partial charge in [-0.05, 0) is 78.3 Å². The van der Waals surface area contributed by atoms with Gasteiger partial charge in [0.2, 0.25) is 0 Å². The second-order valence-corrected chi connectivity index (χ2v) is 12.2. The molecule has 0 spiro atoms. The van der Waals surface area contributed by atoms with Gasteiger partial charge in [0.05, 0.1) is 5.52 Å². The summed E-state index contributed by atoms with van der Waals surface area (Å²) in [7, 11) is 0. The summed E-state index contributed by atoms with van der Waals surface area (Å²) in [6.45, 7) is 0. The lowest BCUT2D eigenvalue weighted by atomic mass is 9.84. The van der Waals surface area contributed by atoms with Crippen LogP contribution in [0, 0.1) is 0 Å². The van der Waals surface area contributed by atoms with Crippen LogP contribution in [0.3, 0.4) is 0 Å². The molecule has 0 saturated carbocycles. The fraction of sp³-hybridized carbons (Fsp3) is 0. The molecule has 10 aromatic rings. The molecular formula is C45H27NO. The van der Waals surface area contributed by atoms with E-state index in [2.05, 4.69) is 146 Å². The van der Waals surface area contributed by atoms with Crippen molar-refractivity contribution in [3.8, 4) is 33.4 Å². The van der Waals surface area contributed by atoms with Gasteiger partial charge in [-0.1, -0.05) is 146 Å². The second-order valence-electron chi connectivity index (χ2n) is 12.2. The molecule has 2 heterocycles. The van der Waals surface area contributed by atoms with E-state index in [1.807, 2.05) is 18.2 Å². The molecule has 0 atom stereocenters. The monoisotopic (exact) mass is 597 g/mol. The maximum atomic E-state index is 6.50. The number of para-hydroxylation sites is 2. The fourth-order valence-corrected chi connectivity index (χ4v) is 7.60. The highest BCUT2D eigenvalue weighted by molar-refractivity contribution is 6.23. The Morgan fingerprint density at radius 1 is 0.362 bits per heavy atom. The van der Waals surface area contributed by atoms with Crippen LogP contribution in [0.1, 0.15) is 0 Å².